The summed E-state index contributed by atoms with van der Waals surface area (Å²) in [6.45, 7) is 5.95. The van der Waals surface area contributed by atoms with Crippen LogP contribution >= 0.6 is 0 Å². The number of nitrogens with zero attached hydrogens (tertiary/aromatic N) is 4. The zero-order chi connectivity index (χ0) is 23.7. The molecule has 0 saturated carbocycles. The van der Waals surface area contributed by atoms with Gasteiger partial charge in [-0.15, -0.1) is 0 Å². The summed E-state index contributed by atoms with van der Waals surface area (Å²) in [5.41, 5.74) is 5.15. The number of anilines is 6. The van der Waals surface area contributed by atoms with Crippen LogP contribution in [0, 0.1) is 6.92 Å². The largest absolute Gasteiger partial charge is 0.416 e. The number of benzene rings is 3. The SMILES string of the molecule is Cc1c(N2c3ccccc3N(C)[C@H]2C)cc(C(F)(F)F)cc1N1c2ccccc2N(C)[C@@H]1C. The van der Waals surface area contributed by atoms with Gasteiger partial charge in [0.15, 0.2) is 0 Å². The summed E-state index contributed by atoms with van der Waals surface area (Å²) in [6, 6.07) is 18.3. The molecule has 0 radical (unpaired) electrons. The highest BCUT2D eigenvalue weighted by Crippen LogP contribution is 2.50. The Labute approximate surface area is 192 Å². The molecule has 0 bridgehead atoms. The Bertz CT molecular complexity index is 1140. The van der Waals surface area contributed by atoms with Crippen molar-refractivity contribution in [2.45, 2.75) is 39.3 Å². The Balaban J connectivity index is 1.75. The van der Waals surface area contributed by atoms with Crippen LogP contribution in [-0.4, -0.2) is 26.4 Å². The van der Waals surface area contributed by atoms with Gasteiger partial charge in [0.05, 0.1) is 28.3 Å². The van der Waals surface area contributed by atoms with E-state index in [1.807, 2.05) is 93.2 Å². The second-order valence-corrected chi connectivity index (χ2v) is 8.84. The molecule has 4 nitrogen and oxygen atoms in total. The zero-order valence-corrected chi connectivity index (χ0v) is 19.4. The summed E-state index contributed by atoms with van der Waals surface area (Å²) in [4.78, 5) is 8.21. The number of alkyl halides is 3. The average Bonchev–Trinajstić information content (AvgIpc) is 3.19. The van der Waals surface area contributed by atoms with E-state index >= 15 is 0 Å². The Morgan fingerprint density at radius 2 is 1.00 bits per heavy atom. The molecule has 3 aromatic carbocycles. The Morgan fingerprint density at radius 1 is 0.636 bits per heavy atom. The fourth-order valence-corrected chi connectivity index (χ4v) is 5.09. The summed E-state index contributed by atoms with van der Waals surface area (Å²) < 4.78 is 42.4. The van der Waals surface area contributed by atoms with Crippen molar-refractivity contribution < 1.29 is 13.2 Å². The van der Waals surface area contributed by atoms with Gasteiger partial charge in [0.2, 0.25) is 0 Å². The van der Waals surface area contributed by atoms with Crippen LogP contribution in [0.4, 0.5) is 47.3 Å². The maximum atomic E-state index is 14.1. The van der Waals surface area contributed by atoms with Crippen molar-refractivity contribution in [3.63, 3.8) is 0 Å². The molecule has 0 unspecified atom stereocenters. The number of fused-ring (bicyclic) bond motifs is 2. The molecule has 3 aromatic rings. The van der Waals surface area contributed by atoms with E-state index in [1.165, 1.54) is 12.1 Å². The molecule has 2 heterocycles. The van der Waals surface area contributed by atoms with Crippen LogP contribution < -0.4 is 19.6 Å². The second kappa shape index (κ2) is 7.33. The monoisotopic (exact) mass is 452 g/mol. The third kappa shape index (κ3) is 3.13. The molecule has 0 fully saturated rings. The summed E-state index contributed by atoms with van der Waals surface area (Å²) >= 11 is 0. The summed E-state index contributed by atoms with van der Waals surface area (Å²) in [7, 11) is 3.95. The molecule has 172 valence electrons. The minimum Gasteiger partial charge on any atom is -0.353 e. The van der Waals surface area contributed by atoms with Gasteiger partial charge in [-0.1, -0.05) is 24.3 Å². The molecule has 33 heavy (non-hydrogen) atoms. The molecule has 0 aliphatic carbocycles. The van der Waals surface area contributed by atoms with Crippen LogP contribution in [0.3, 0.4) is 0 Å². The van der Waals surface area contributed by atoms with E-state index in [0.717, 1.165) is 28.3 Å². The zero-order valence-electron chi connectivity index (χ0n) is 19.4. The highest BCUT2D eigenvalue weighted by molar-refractivity contribution is 5.90. The van der Waals surface area contributed by atoms with Crippen LogP contribution in [-0.2, 0) is 6.18 Å². The first-order valence-corrected chi connectivity index (χ1v) is 11.0. The van der Waals surface area contributed by atoms with Crippen LogP contribution in [0.1, 0.15) is 25.0 Å². The maximum Gasteiger partial charge on any atom is 0.416 e. The predicted molar refractivity (Wildman–Crippen MR) is 129 cm³/mol. The van der Waals surface area contributed by atoms with Crippen molar-refractivity contribution in [3.8, 4) is 0 Å². The predicted octanol–water partition coefficient (Wildman–Crippen LogP) is 6.88. The van der Waals surface area contributed by atoms with Crippen molar-refractivity contribution >= 4 is 34.1 Å². The first-order valence-electron chi connectivity index (χ1n) is 11.0. The first-order chi connectivity index (χ1) is 15.6. The maximum absolute atomic E-state index is 14.1. The Morgan fingerprint density at radius 3 is 1.36 bits per heavy atom. The molecule has 7 heteroatoms. The summed E-state index contributed by atoms with van der Waals surface area (Å²) in [6.07, 6.45) is -4.70. The summed E-state index contributed by atoms with van der Waals surface area (Å²) in [5, 5.41) is 0. The van der Waals surface area contributed by atoms with E-state index in [2.05, 4.69) is 9.80 Å². The third-order valence-corrected chi connectivity index (χ3v) is 7.11. The lowest BCUT2D eigenvalue weighted by Gasteiger charge is -2.34. The smallest absolute Gasteiger partial charge is 0.353 e. The van der Waals surface area contributed by atoms with Crippen molar-refractivity contribution in [2.75, 3.05) is 33.7 Å². The van der Waals surface area contributed by atoms with Gasteiger partial charge in [-0.3, -0.25) is 0 Å². The van der Waals surface area contributed by atoms with Crippen LogP contribution in [0.2, 0.25) is 0 Å². The van der Waals surface area contributed by atoms with Crippen molar-refractivity contribution in [1.29, 1.82) is 0 Å². The Kier molecular flexibility index (Phi) is 4.78. The lowest BCUT2D eigenvalue weighted by atomic mass is 10.0. The minimum atomic E-state index is -4.46. The molecular weight excluding hydrogens is 425 g/mol. The standard InChI is InChI=1S/C26H27F3N4/c1-16-24(32-17(2)30(4)20-10-6-8-12-22(20)32)14-19(26(27,28)29)15-25(16)33-18(3)31(5)21-11-7-9-13-23(21)33/h6-15,17-18H,1-5H3/t17-,18+. The quantitative estimate of drug-likeness (QED) is 0.420. The average molecular weight is 453 g/mol. The van der Waals surface area contributed by atoms with Crippen LogP contribution in [0.5, 0.6) is 0 Å². The normalized spacial score (nSPS) is 19.9. The van der Waals surface area contributed by atoms with Gasteiger partial charge in [0, 0.05) is 25.5 Å². The van der Waals surface area contributed by atoms with E-state index < -0.39 is 11.7 Å². The highest BCUT2D eigenvalue weighted by atomic mass is 19.4. The van der Waals surface area contributed by atoms with Crippen molar-refractivity contribution in [3.05, 3.63) is 71.8 Å². The van der Waals surface area contributed by atoms with E-state index in [9.17, 15) is 13.2 Å². The lowest BCUT2D eigenvalue weighted by Crippen LogP contribution is -2.38. The molecule has 2 atom stereocenters. The Hall–Kier alpha value is -3.35. The van der Waals surface area contributed by atoms with Gasteiger partial charge in [-0.25, -0.2) is 0 Å². The lowest BCUT2D eigenvalue weighted by molar-refractivity contribution is -0.137. The van der Waals surface area contributed by atoms with Crippen LogP contribution in [0.15, 0.2) is 60.7 Å². The van der Waals surface area contributed by atoms with E-state index in [0.29, 0.717) is 11.4 Å². The minimum absolute atomic E-state index is 0.122. The topological polar surface area (TPSA) is 13.0 Å². The van der Waals surface area contributed by atoms with E-state index in [-0.39, 0.29) is 12.3 Å². The number of rotatable bonds is 2. The number of para-hydroxylation sites is 4. The van der Waals surface area contributed by atoms with Gasteiger partial charge in [0.25, 0.3) is 0 Å². The molecule has 0 aromatic heterocycles. The molecule has 0 N–H and O–H groups in total. The van der Waals surface area contributed by atoms with Crippen molar-refractivity contribution in [1.82, 2.24) is 0 Å². The highest BCUT2D eigenvalue weighted by Gasteiger charge is 2.39. The van der Waals surface area contributed by atoms with Gasteiger partial charge < -0.3 is 19.6 Å². The molecule has 2 aliphatic heterocycles. The van der Waals surface area contributed by atoms with Gasteiger partial charge in [0.1, 0.15) is 12.3 Å². The fraction of sp³-hybridized carbons (Fsp3) is 0.308. The molecule has 5 rings (SSSR count). The van der Waals surface area contributed by atoms with Gasteiger partial charge in [-0.2, -0.15) is 13.2 Å². The molecule has 2 aliphatic rings. The van der Waals surface area contributed by atoms with Gasteiger partial charge >= 0.3 is 6.18 Å². The van der Waals surface area contributed by atoms with Crippen molar-refractivity contribution in [2.24, 2.45) is 0 Å². The molecule has 0 amide bonds. The molecule has 0 spiro atoms. The number of halogens is 3. The summed E-state index contributed by atoms with van der Waals surface area (Å²) in [5.74, 6) is 0. The number of hydrogen-bond donors (Lipinski definition) is 0. The third-order valence-electron chi connectivity index (χ3n) is 7.11. The fourth-order valence-electron chi connectivity index (χ4n) is 5.09. The second-order valence-electron chi connectivity index (χ2n) is 8.84. The molecule has 0 saturated heterocycles. The van der Waals surface area contributed by atoms with Gasteiger partial charge in [-0.05, 0) is 62.7 Å². The number of hydrogen-bond acceptors (Lipinski definition) is 4. The van der Waals surface area contributed by atoms with E-state index in [4.69, 9.17) is 0 Å². The first kappa shape index (κ1) is 21.5. The molecular formula is C26H27F3N4. The van der Waals surface area contributed by atoms with Crippen LogP contribution in [0.25, 0.3) is 0 Å². The van der Waals surface area contributed by atoms with E-state index in [1.54, 1.807) is 0 Å².